The Morgan fingerprint density at radius 3 is 2.58 bits per heavy atom. The van der Waals surface area contributed by atoms with E-state index in [1.54, 1.807) is 32.2 Å². The molecule has 0 spiro atoms. The number of aromatic nitrogens is 3. The zero-order chi connectivity index (χ0) is 14.0. The highest BCUT2D eigenvalue weighted by Gasteiger charge is 2.18. The molecule has 0 saturated heterocycles. The maximum absolute atomic E-state index is 11.0. The first kappa shape index (κ1) is 12.9. The van der Waals surface area contributed by atoms with E-state index >= 15 is 0 Å². The van der Waals surface area contributed by atoms with E-state index in [2.05, 4.69) is 10.3 Å². The van der Waals surface area contributed by atoms with Crippen molar-refractivity contribution < 1.29 is 19.4 Å². The molecular formula is C12H13N3O4. The Balaban J connectivity index is 2.60. The average Bonchev–Trinajstić information content (AvgIpc) is 2.79. The summed E-state index contributed by atoms with van der Waals surface area (Å²) in [6.45, 7) is 1.63. The standard InChI is InChI=1S/C12H13N3O4/c1-7-11(12(16)17)13-14-15(7)9-6-8(18-2)4-5-10(9)19-3/h4-6H,1-3H3,(H,16,17). The van der Waals surface area contributed by atoms with E-state index in [1.807, 2.05) is 0 Å². The van der Waals surface area contributed by atoms with Gasteiger partial charge in [0.05, 0.1) is 19.9 Å². The molecule has 2 aromatic rings. The zero-order valence-corrected chi connectivity index (χ0v) is 10.7. The fourth-order valence-electron chi connectivity index (χ4n) is 1.72. The van der Waals surface area contributed by atoms with Crippen molar-refractivity contribution in [2.45, 2.75) is 6.92 Å². The van der Waals surface area contributed by atoms with Crippen molar-refractivity contribution in [2.75, 3.05) is 14.2 Å². The number of benzene rings is 1. The highest BCUT2D eigenvalue weighted by Crippen LogP contribution is 2.28. The van der Waals surface area contributed by atoms with Crippen molar-refractivity contribution in [3.8, 4) is 17.2 Å². The minimum Gasteiger partial charge on any atom is -0.497 e. The third kappa shape index (κ3) is 2.22. The molecule has 0 saturated carbocycles. The maximum atomic E-state index is 11.0. The molecule has 0 aliphatic carbocycles. The van der Waals surface area contributed by atoms with E-state index in [9.17, 15) is 4.79 Å². The van der Waals surface area contributed by atoms with Crippen molar-refractivity contribution >= 4 is 5.97 Å². The fourth-order valence-corrected chi connectivity index (χ4v) is 1.72. The van der Waals surface area contributed by atoms with Gasteiger partial charge >= 0.3 is 5.97 Å². The van der Waals surface area contributed by atoms with Crippen molar-refractivity contribution in [1.82, 2.24) is 15.0 Å². The van der Waals surface area contributed by atoms with E-state index in [1.165, 1.54) is 11.8 Å². The Bertz CT molecular complexity index is 621. The molecule has 0 amide bonds. The van der Waals surface area contributed by atoms with Gasteiger partial charge < -0.3 is 14.6 Å². The predicted molar refractivity (Wildman–Crippen MR) is 66.2 cm³/mol. The quantitative estimate of drug-likeness (QED) is 0.894. The average molecular weight is 263 g/mol. The molecule has 1 heterocycles. The van der Waals surface area contributed by atoms with Gasteiger partial charge in [-0.25, -0.2) is 9.48 Å². The molecule has 0 aliphatic rings. The van der Waals surface area contributed by atoms with Gasteiger partial charge in [-0.15, -0.1) is 5.10 Å². The van der Waals surface area contributed by atoms with Crippen LogP contribution in [0.2, 0.25) is 0 Å². The molecule has 1 aromatic heterocycles. The summed E-state index contributed by atoms with van der Waals surface area (Å²) in [5.74, 6) is 0.0407. The summed E-state index contributed by atoms with van der Waals surface area (Å²) in [5, 5.41) is 16.5. The number of methoxy groups -OCH3 is 2. The summed E-state index contributed by atoms with van der Waals surface area (Å²) in [6.07, 6.45) is 0. The van der Waals surface area contributed by atoms with Crippen LogP contribution in [0.5, 0.6) is 11.5 Å². The third-order valence-corrected chi connectivity index (χ3v) is 2.71. The van der Waals surface area contributed by atoms with Crippen LogP contribution in [0.3, 0.4) is 0 Å². The molecule has 0 unspecified atom stereocenters. The highest BCUT2D eigenvalue weighted by atomic mass is 16.5. The van der Waals surface area contributed by atoms with E-state index in [-0.39, 0.29) is 5.69 Å². The lowest BCUT2D eigenvalue weighted by Crippen LogP contribution is -2.04. The van der Waals surface area contributed by atoms with Crippen molar-refractivity contribution in [2.24, 2.45) is 0 Å². The summed E-state index contributed by atoms with van der Waals surface area (Å²) in [5.41, 5.74) is 0.892. The zero-order valence-electron chi connectivity index (χ0n) is 10.7. The van der Waals surface area contributed by atoms with Crippen LogP contribution >= 0.6 is 0 Å². The second kappa shape index (κ2) is 4.97. The first-order valence-electron chi connectivity index (χ1n) is 5.46. The summed E-state index contributed by atoms with van der Waals surface area (Å²) >= 11 is 0. The Morgan fingerprint density at radius 1 is 1.32 bits per heavy atom. The van der Waals surface area contributed by atoms with Crippen LogP contribution in [0.25, 0.3) is 5.69 Å². The smallest absolute Gasteiger partial charge is 0.358 e. The van der Waals surface area contributed by atoms with Gasteiger partial charge in [-0.1, -0.05) is 5.21 Å². The molecule has 0 fully saturated rings. The summed E-state index contributed by atoms with van der Waals surface area (Å²) < 4.78 is 11.8. The molecular weight excluding hydrogens is 250 g/mol. The summed E-state index contributed by atoms with van der Waals surface area (Å²) in [4.78, 5) is 11.0. The summed E-state index contributed by atoms with van der Waals surface area (Å²) in [7, 11) is 3.07. The Kier molecular flexibility index (Phi) is 3.37. The van der Waals surface area contributed by atoms with Crippen molar-refractivity contribution in [3.05, 3.63) is 29.6 Å². The van der Waals surface area contributed by atoms with Crippen LogP contribution < -0.4 is 9.47 Å². The van der Waals surface area contributed by atoms with Crippen LogP contribution in [0, 0.1) is 6.92 Å². The first-order valence-corrected chi connectivity index (χ1v) is 5.46. The predicted octanol–water partition coefficient (Wildman–Crippen LogP) is 1.29. The number of aromatic carboxylic acids is 1. The Morgan fingerprint density at radius 2 is 2.05 bits per heavy atom. The lowest BCUT2D eigenvalue weighted by Gasteiger charge is -2.11. The Hall–Kier alpha value is -2.57. The molecule has 1 aromatic carbocycles. The molecule has 7 nitrogen and oxygen atoms in total. The number of nitrogens with zero attached hydrogens (tertiary/aromatic N) is 3. The van der Waals surface area contributed by atoms with Crippen molar-refractivity contribution in [3.63, 3.8) is 0 Å². The van der Waals surface area contributed by atoms with Crippen LogP contribution in [0.1, 0.15) is 16.2 Å². The van der Waals surface area contributed by atoms with Gasteiger partial charge in [-0.2, -0.15) is 0 Å². The van der Waals surface area contributed by atoms with Gasteiger partial charge in [0, 0.05) is 6.07 Å². The number of carboxylic acid groups (broad SMARTS) is 1. The SMILES string of the molecule is COc1ccc(OC)c(-n2nnc(C(=O)O)c2C)c1. The molecule has 0 atom stereocenters. The topological polar surface area (TPSA) is 86.5 Å². The number of hydrogen-bond donors (Lipinski definition) is 1. The van der Waals surface area contributed by atoms with Gasteiger partial charge in [0.25, 0.3) is 0 Å². The fraction of sp³-hybridized carbons (Fsp3) is 0.250. The van der Waals surface area contributed by atoms with Gasteiger partial charge in [-0.05, 0) is 19.1 Å². The van der Waals surface area contributed by atoms with Gasteiger partial charge in [0.1, 0.15) is 17.2 Å². The van der Waals surface area contributed by atoms with E-state index in [4.69, 9.17) is 14.6 Å². The van der Waals surface area contributed by atoms with Crippen LogP contribution in [0.4, 0.5) is 0 Å². The number of ether oxygens (including phenoxy) is 2. The first-order chi connectivity index (χ1) is 9.08. The molecule has 7 heteroatoms. The second-order valence-electron chi connectivity index (χ2n) is 3.78. The van der Waals surface area contributed by atoms with Crippen LogP contribution in [-0.2, 0) is 0 Å². The van der Waals surface area contributed by atoms with Crippen molar-refractivity contribution in [1.29, 1.82) is 0 Å². The molecule has 2 rings (SSSR count). The van der Waals surface area contributed by atoms with Gasteiger partial charge in [0.15, 0.2) is 5.69 Å². The van der Waals surface area contributed by atoms with Crippen LogP contribution in [0.15, 0.2) is 18.2 Å². The van der Waals surface area contributed by atoms with Crippen LogP contribution in [-0.4, -0.2) is 40.3 Å². The molecule has 1 N–H and O–H groups in total. The number of carbonyl (C=O) groups is 1. The number of carboxylic acids is 1. The van der Waals surface area contributed by atoms with Gasteiger partial charge in [0.2, 0.25) is 0 Å². The lowest BCUT2D eigenvalue weighted by molar-refractivity contribution is 0.0689. The monoisotopic (exact) mass is 263 g/mol. The molecule has 0 bridgehead atoms. The highest BCUT2D eigenvalue weighted by molar-refractivity contribution is 5.86. The largest absolute Gasteiger partial charge is 0.497 e. The van der Waals surface area contributed by atoms with E-state index in [0.717, 1.165) is 0 Å². The minimum atomic E-state index is -1.12. The Labute approximate surface area is 109 Å². The molecule has 0 aliphatic heterocycles. The summed E-state index contributed by atoms with van der Waals surface area (Å²) in [6, 6.07) is 5.16. The lowest BCUT2D eigenvalue weighted by atomic mass is 10.2. The van der Waals surface area contributed by atoms with Gasteiger partial charge in [-0.3, -0.25) is 0 Å². The number of rotatable bonds is 4. The number of hydrogen-bond acceptors (Lipinski definition) is 5. The minimum absolute atomic E-state index is 0.0927. The van der Waals surface area contributed by atoms with E-state index < -0.39 is 5.97 Å². The normalized spacial score (nSPS) is 10.3. The third-order valence-electron chi connectivity index (χ3n) is 2.71. The molecule has 19 heavy (non-hydrogen) atoms. The maximum Gasteiger partial charge on any atom is 0.358 e. The molecule has 100 valence electrons. The second-order valence-corrected chi connectivity index (χ2v) is 3.78. The molecule has 0 radical (unpaired) electrons. The van der Waals surface area contributed by atoms with E-state index in [0.29, 0.717) is 22.9 Å².